The quantitative estimate of drug-likeness (QED) is 0.575. The molecule has 8 heteroatoms. The van der Waals surface area contributed by atoms with Gasteiger partial charge in [0.1, 0.15) is 0 Å². The first kappa shape index (κ1) is 22.2. The van der Waals surface area contributed by atoms with Gasteiger partial charge in [-0.1, -0.05) is 18.2 Å². The molecule has 0 saturated heterocycles. The van der Waals surface area contributed by atoms with Crippen LogP contribution in [0.15, 0.2) is 36.5 Å². The van der Waals surface area contributed by atoms with E-state index in [1.165, 1.54) is 18.6 Å². The Hall–Kier alpha value is -3.00. The van der Waals surface area contributed by atoms with E-state index in [9.17, 15) is 13.2 Å². The summed E-state index contributed by atoms with van der Waals surface area (Å²) < 4.78 is 40.1. The molecule has 1 aliphatic rings. The summed E-state index contributed by atoms with van der Waals surface area (Å²) in [6, 6.07) is 5.91. The lowest BCUT2D eigenvalue weighted by Gasteiger charge is -2.23. The number of halogens is 3. The zero-order valence-electron chi connectivity index (χ0n) is 18.6. The number of anilines is 1. The van der Waals surface area contributed by atoms with Gasteiger partial charge in [-0.25, -0.2) is 0 Å². The van der Waals surface area contributed by atoms with Gasteiger partial charge in [0.15, 0.2) is 5.82 Å². The lowest BCUT2D eigenvalue weighted by Crippen LogP contribution is -2.23. The van der Waals surface area contributed by atoms with Crippen LogP contribution >= 0.6 is 0 Å². The molecule has 0 spiro atoms. The topological polar surface area (TPSA) is 53.9 Å². The number of aryl methyl sites for hydroxylation is 1. The zero-order valence-corrected chi connectivity index (χ0v) is 18.6. The normalized spacial score (nSPS) is 16.2. The summed E-state index contributed by atoms with van der Waals surface area (Å²) in [6.07, 6.45) is 0.606. The summed E-state index contributed by atoms with van der Waals surface area (Å²) >= 11 is 0. The highest BCUT2D eigenvalue weighted by Crippen LogP contribution is 2.36. The number of benzene rings is 1. The van der Waals surface area contributed by atoms with E-state index in [0.29, 0.717) is 17.1 Å². The summed E-state index contributed by atoms with van der Waals surface area (Å²) in [5, 5.41) is 12.6. The standard InChI is InChI=1S/C24H26F3N5/c1-14-19(6-5-7-21(14)24(25,26)27)15(2)29-23-20-12-18(17-8-10-32(4)11-9-17)13-28-22(20)16(3)30-31-23/h5-8,12-13,15H,9-11H2,1-4H3,(H,29,31)/t15-/m1/s1. The molecule has 4 rings (SSSR count). The fourth-order valence-electron chi connectivity index (χ4n) is 4.19. The van der Waals surface area contributed by atoms with Crippen molar-refractivity contribution in [3.05, 3.63) is 64.5 Å². The van der Waals surface area contributed by atoms with Gasteiger partial charge in [0.05, 0.1) is 22.8 Å². The Morgan fingerprint density at radius 1 is 1.16 bits per heavy atom. The highest BCUT2D eigenvalue weighted by atomic mass is 19.4. The SMILES string of the molecule is Cc1c([C@@H](C)Nc2nnc(C)c3ncc(C4=CCN(C)CC4)cc23)cccc1C(F)(F)F. The van der Waals surface area contributed by atoms with Crippen LogP contribution in [-0.4, -0.2) is 40.2 Å². The molecule has 0 radical (unpaired) electrons. The number of likely N-dealkylation sites (N-methyl/N-ethyl adjacent to an activating group) is 1. The van der Waals surface area contributed by atoms with E-state index in [4.69, 9.17) is 0 Å². The van der Waals surface area contributed by atoms with Crippen LogP contribution in [0.3, 0.4) is 0 Å². The monoisotopic (exact) mass is 441 g/mol. The average molecular weight is 442 g/mol. The fraction of sp³-hybridized carbons (Fsp3) is 0.375. The van der Waals surface area contributed by atoms with Gasteiger partial charge < -0.3 is 10.2 Å². The van der Waals surface area contributed by atoms with Crippen molar-refractivity contribution in [2.75, 3.05) is 25.5 Å². The van der Waals surface area contributed by atoms with Crippen molar-refractivity contribution in [1.82, 2.24) is 20.1 Å². The van der Waals surface area contributed by atoms with Crippen molar-refractivity contribution in [2.45, 2.75) is 39.4 Å². The lowest BCUT2D eigenvalue weighted by atomic mass is 9.97. The third-order valence-electron chi connectivity index (χ3n) is 6.07. The van der Waals surface area contributed by atoms with Crippen molar-refractivity contribution in [3.8, 4) is 0 Å². The molecule has 1 aromatic carbocycles. The Balaban J connectivity index is 1.72. The van der Waals surface area contributed by atoms with Gasteiger partial charge >= 0.3 is 6.18 Å². The van der Waals surface area contributed by atoms with Crippen LogP contribution in [0.2, 0.25) is 0 Å². The second-order valence-corrected chi connectivity index (χ2v) is 8.38. The molecular formula is C24H26F3N5. The first-order valence-corrected chi connectivity index (χ1v) is 10.6. The van der Waals surface area contributed by atoms with Crippen LogP contribution < -0.4 is 5.32 Å². The summed E-state index contributed by atoms with van der Waals surface area (Å²) in [5.41, 5.74) is 3.85. The molecule has 0 unspecified atom stereocenters. The molecule has 2 aromatic heterocycles. The van der Waals surface area contributed by atoms with Crippen LogP contribution in [0.1, 0.15) is 47.3 Å². The Kier molecular flexibility index (Phi) is 5.90. The maximum absolute atomic E-state index is 13.4. The summed E-state index contributed by atoms with van der Waals surface area (Å²) in [6.45, 7) is 7.04. The van der Waals surface area contributed by atoms with E-state index in [1.807, 2.05) is 20.0 Å². The molecule has 0 fully saturated rings. The van der Waals surface area contributed by atoms with Gasteiger partial charge in [-0.2, -0.15) is 18.3 Å². The number of aromatic nitrogens is 3. The van der Waals surface area contributed by atoms with E-state index >= 15 is 0 Å². The largest absolute Gasteiger partial charge is 0.416 e. The minimum absolute atomic E-state index is 0.208. The van der Waals surface area contributed by atoms with E-state index in [1.54, 1.807) is 6.07 Å². The highest BCUT2D eigenvalue weighted by Gasteiger charge is 2.33. The molecule has 1 aliphatic heterocycles. The predicted octanol–water partition coefficient (Wildman–Crippen LogP) is 5.55. The molecule has 1 atom stereocenters. The highest BCUT2D eigenvalue weighted by molar-refractivity contribution is 5.92. The van der Waals surface area contributed by atoms with Gasteiger partial charge in [-0.3, -0.25) is 4.98 Å². The average Bonchev–Trinajstić information content (AvgIpc) is 2.75. The fourth-order valence-corrected chi connectivity index (χ4v) is 4.19. The summed E-state index contributed by atoms with van der Waals surface area (Å²) in [7, 11) is 2.09. The Bertz CT molecular complexity index is 1190. The van der Waals surface area contributed by atoms with Gasteiger partial charge in [0.25, 0.3) is 0 Å². The maximum atomic E-state index is 13.4. The number of nitrogens with zero attached hydrogens (tertiary/aromatic N) is 4. The van der Waals surface area contributed by atoms with Crippen LogP contribution in [-0.2, 0) is 6.18 Å². The van der Waals surface area contributed by atoms with E-state index in [0.717, 1.165) is 42.0 Å². The lowest BCUT2D eigenvalue weighted by molar-refractivity contribution is -0.138. The molecule has 168 valence electrons. The first-order chi connectivity index (χ1) is 15.1. The number of fused-ring (bicyclic) bond motifs is 1. The number of rotatable bonds is 4. The Morgan fingerprint density at radius 2 is 1.94 bits per heavy atom. The zero-order chi connectivity index (χ0) is 23.0. The van der Waals surface area contributed by atoms with Gasteiger partial charge in [-0.05, 0) is 68.6 Å². The van der Waals surface area contributed by atoms with E-state index in [-0.39, 0.29) is 5.56 Å². The van der Waals surface area contributed by atoms with Crippen molar-refractivity contribution in [2.24, 2.45) is 0 Å². The molecular weight excluding hydrogens is 415 g/mol. The number of hydrogen-bond acceptors (Lipinski definition) is 5. The maximum Gasteiger partial charge on any atom is 0.416 e. The van der Waals surface area contributed by atoms with Crippen LogP contribution in [0.5, 0.6) is 0 Å². The molecule has 0 saturated carbocycles. The van der Waals surface area contributed by atoms with Crippen molar-refractivity contribution in [3.63, 3.8) is 0 Å². The molecule has 0 aliphatic carbocycles. The number of nitrogens with one attached hydrogen (secondary N) is 1. The molecule has 0 amide bonds. The molecule has 1 N–H and O–H groups in total. The predicted molar refractivity (Wildman–Crippen MR) is 120 cm³/mol. The summed E-state index contributed by atoms with van der Waals surface area (Å²) in [4.78, 5) is 6.88. The third-order valence-corrected chi connectivity index (χ3v) is 6.07. The number of pyridine rings is 1. The van der Waals surface area contributed by atoms with Gasteiger partial charge in [0.2, 0.25) is 0 Å². The minimum Gasteiger partial charge on any atom is -0.361 e. The van der Waals surface area contributed by atoms with E-state index in [2.05, 4.69) is 44.6 Å². The van der Waals surface area contributed by atoms with Crippen molar-refractivity contribution in [1.29, 1.82) is 0 Å². The second-order valence-electron chi connectivity index (χ2n) is 8.38. The Morgan fingerprint density at radius 3 is 2.62 bits per heavy atom. The molecule has 0 bridgehead atoms. The van der Waals surface area contributed by atoms with Gasteiger partial charge in [-0.15, -0.1) is 5.10 Å². The summed E-state index contributed by atoms with van der Waals surface area (Å²) in [5.74, 6) is 0.512. The van der Waals surface area contributed by atoms with Crippen molar-refractivity contribution >= 4 is 22.3 Å². The van der Waals surface area contributed by atoms with Crippen LogP contribution in [0.4, 0.5) is 19.0 Å². The smallest absolute Gasteiger partial charge is 0.361 e. The first-order valence-electron chi connectivity index (χ1n) is 10.6. The molecule has 32 heavy (non-hydrogen) atoms. The van der Waals surface area contributed by atoms with Crippen LogP contribution in [0, 0.1) is 13.8 Å². The second kappa shape index (κ2) is 8.50. The van der Waals surface area contributed by atoms with Crippen LogP contribution in [0.25, 0.3) is 16.5 Å². The number of alkyl halides is 3. The Labute approximate surface area is 185 Å². The third kappa shape index (κ3) is 4.32. The van der Waals surface area contributed by atoms with E-state index < -0.39 is 17.8 Å². The van der Waals surface area contributed by atoms with Crippen molar-refractivity contribution < 1.29 is 13.2 Å². The molecule has 3 aromatic rings. The minimum atomic E-state index is -4.39. The molecule has 5 nitrogen and oxygen atoms in total. The number of hydrogen-bond donors (Lipinski definition) is 1. The van der Waals surface area contributed by atoms with Gasteiger partial charge in [0, 0.05) is 24.7 Å². The molecule has 3 heterocycles.